The molecule has 1 aliphatic carbocycles. The molecule has 27 heavy (non-hydrogen) atoms. The van der Waals surface area contributed by atoms with Crippen molar-refractivity contribution in [1.29, 1.82) is 0 Å². The fourth-order valence-electron chi connectivity index (χ4n) is 3.95. The van der Waals surface area contributed by atoms with Crippen molar-refractivity contribution >= 4 is 11.8 Å². The summed E-state index contributed by atoms with van der Waals surface area (Å²) in [5.41, 5.74) is 4.45. The smallest absolute Gasteiger partial charge is 0.225 e. The lowest BCUT2D eigenvalue weighted by Gasteiger charge is -2.43. The van der Waals surface area contributed by atoms with Gasteiger partial charge in [0.1, 0.15) is 23.8 Å². The van der Waals surface area contributed by atoms with Crippen LogP contribution in [0.5, 0.6) is 5.75 Å². The van der Waals surface area contributed by atoms with Crippen molar-refractivity contribution in [3.05, 3.63) is 30.1 Å². The molecule has 0 spiro atoms. The minimum absolute atomic E-state index is 0.0390. The third kappa shape index (κ3) is 5.19. The van der Waals surface area contributed by atoms with E-state index in [0.717, 1.165) is 25.7 Å². The van der Waals surface area contributed by atoms with Gasteiger partial charge in [-0.3, -0.25) is 9.59 Å². The zero-order valence-electron chi connectivity index (χ0n) is 15.5. The van der Waals surface area contributed by atoms with Crippen LogP contribution in [0.1, 0.15) is 38.5 Å². The van der Waals surface area contributed by atoms with E-state index in [9.17, 15) is 14.0 Å². The molecule has 1 aliphatic heterocycles. The van der Waals surface area contributed by atoms with E-state index < -0.39 is 11.5 Å². The minimum Gasteiger partial charge on any atom is -0.490 e. The average molecular weight is 378 g/mol. The van der Waals surface area contributed by atoms with Crippen LogP contribution in [0.2, 0.25) is 0 Å². The lowest BCUT2D eigenvalue weighted by Crippen LogP contribution is -2.58. The summed E-state index contributed by atoms with van der Waals surface area (Å²) in [4.78, 5) is 26.3. The molecule has 148 valence electrons. The van der Waals surface area contributed by atoms with Crippen molar-refractivity contribution in [3.63, 3.8) is 0 Å². The maximum absolute atomic E-state index is 13.1. The number of hydrogen-bond donors (Lipinski definition) is 1. The Morgan fingerprint density at radius 3 is 2.59 bits per heavy atom. The number of halogens is 1. The number of benzene rings is 1. The minimum atomic E-state index is -0.983. The standard InChI is InChI=1S/C20H27FN2O4/c21-16-6-8-17(9-7-16)26-14-20(12-18(22)24)13-23(10-11-27-20)19(25)15-4-2-1-3-5-15/h6-9,15H,1-5,10-14H2,(H2,22,24)/t20-/m0/s1. The monoisotopic (exact) mass is 378 g/mol. The second kappa shape index (κ2) is 8.69. The third-order valence-corrected chi connectivity index (χ3v) is 5.33. The molecule has 0 aromatic heterocycles. The summed E-state index contributed by atoms with van der Waals surface area (Å²) in [5, 5.41) is 0. The molecule has 6 nitrogen and oxygen atoms in total. The van der Waals surface area contributed by atoms with Gasteiger partial charge in [0, 0.05) is 12.5 Å². The predicted molar refractivity (Wildman–Crippen MR) is 97.5 cm³/mol. The fourth-order valence-corrected chi connectivity index (χ4v) is 3.95. The Balaban J connectivity index is 1.69. The largest absolute Gasteiger partial charge is 0.490 e. The van der Waals surface area contributed by atoms with Crippen molar-refractivity contribution in [2.75, 3.05) is 26.3 Å². The number of nitrogens with two attached hydrogens (primary N) is 1. The first kappa shape index (κ1) is 19.6. The molecule has 2 amide bonds. The number of primary amides is 1. The van der Waals surface area contributed by atoms with E-state index in [1.54, 1.807) is 4.90 Å². The number of carbonyl (C=O) groups is 2. The van der Waals surface area contributed by atoms with Gasteiger partial charge in [-0.05, 0) is 37.1 Å². The molecular weight excluding hydrogens is 351 g/mol. The molecule has 2 fully saturated rings. The molecule has 1 heterocycles. The van der Waals surface area contributed by atoms with E-state index in [1.807, 2.05) is 0 Å². The molecule has 0 bridgehead atoms. The van der Waals surface area contributed by atoms with E-state index in [4.69, 9.17) is 15.2 Å². The summed E-state index contributed by atoms with van der Waals surface area (Å²) in [6.07, 6.45) is 5.16. The van der Waals surface area contributed by atoms with Gasteiger partial charge in [0.05, 0.1) is 19.6 Å². The van der Waals surface area contributed by atoms with E-state index in [1.165, 1.54) is 30.7 Å². The van der Waals surface area contributed by atoms with Crippen LogP contribution in [0.25, 0.3) is 0 Å². The highest BCUT2D eigenvalue weighted by Crippen LogP contribution is 2.29. The second-order valence-corrected chi connectivity index (χ2v) is 7.51. The Labute approximate surface area is 158 Å². The van der Waals surface area contributed by atoms with Crippen LogP contribution in [0.4, 0.5) is 4.39 Å². The molecule has 3 rings (SSSR count). The Morgan fingerprint density at radius 1 is 1.22 bits per heavy atom. The molecular formula is C20H27FN2O4. The van der Waals surface area contributed by atoms with Crippen molar-refractivity contribution in [2.24, 2.45) is 11.7 Å². The Kier molecular flexibility index (Phi) is 6.31. The number of nitrogens with zero attached hydrogens (tertiary/aromatic N) is 1. The predicted octanol–water partition coefficient (Wildman–Crippen LogP) is 2.26. The molecule has 1 saturated heterocycles. The molecule has 7 heteroatoms. The van der Waals surface area contributed by atoms with Gasteiger partial charge in [0.25, 0.3) is 0 Å². The molecule has 1 atom stereocenters. The molecule has 1 aromatic rings. The summed E-state index contributed by atoms with van der Waals surface area (Å²) < 4.78 is 24.7. The van der Waals surface area contributed by atoms with Gasteiger partial charge in [0.15, 0.2) is 0 Å². The summed E-state index contributed by atoms with van der Waals surface area (Å²) in [6, 6.07) is 5.63. The van der Waals surface area contributed by atoms with Crippen LogP contribution in [-0.4, -0.2) is 48.6 Å². The van der Waals surface area contributed by atoms with Gasteiger partial charge in [-0.15, -0.1) is 0 Å². The maximum Gasteiger partial charge on any atom is 0.225 e. The van der Waals surface area contributed by atoms with Crippen LogP contribution < -0.4 is 10.5 Å². The van der Waals surface area contributed by atoms with Crippen molar-refractivity contribution in [1.82, 2.24) is 4.90 Å². The molecule has 0 radical (unpaired) electrons. The van der Waals surface area contributed by atoms with E-state index in [2.05, 4.69) is 0 Å². The highest BCUT2D eigenvalue weighted by molar-refractivity contribution is 5.79. The number of morpholine rings is 1. The fraction of sp³-hybridized carbons (Fsp3) is 0.600. The zero-order valence-corrected chi connectivity index (χ0v) is 15.5. The summed E-state index contributed by atoms with van der Waals surface area (Å²) in [5.74, 6) is -0.202. The van der Waals surface area contributed by atoms with Gasteiger partial charge in [-0.1, -0.05) is 19.3 Å². The van der Waals surface area contributed by atoms with Gasteiger partial charge >= 0.3 is 0 Å². The van der Waals surface area contributed by atoms with Crippen LogP contribution in [0.3, 0.4) is 0 Å². The van der Waals surface area contributed by atoms with E-state index >= 15 is 0 Å². The Hall–Kier alpha value is -2.15. The number of rotatable bonds is 6. The SMILES string of the molecule is NC(=O)C[C@@]1(COc2ccc(F)cc2)CN(C(=O)C2CCCCC2)CCO1. The first-order chi connectivity index (χ1) is 13.0. The summed E-state index contributed by atoms with van der Waals surface area (Å²) >= 11 is 0. The van der Waals surface area contributed by atoms with Gasteiger partial charge in [-0.2, -0.15) is 0 Å². The lowest BCUT2D eigenvalue weighted by molar-refractivity contribution is -0.165. The summed E-state index contributed by atoms with van der Waals surface area (Å²) in [6.45, 7) is 1.17. The van der Waals surface area contributed by atoms with Crippen LogP contribution >= 0.6 is 0 Å². The highest BCUT2D eigenvalue weighted by Gasteiger charge is 2.42. The highest BCUT2D eigenvalue weighted by atomic mass is 19.1. The lowest BCUT2D eigenvalue weighted by atomic mass is 9.87. The molecule has 0 unspecified atom stereocenters. The molecule has 1 aromatic carbocycles. The van der Waals surface area contributed by atoms with Gasteiger partial charge < -0.3 is 20.1 Å². The number of amides is 2. The third-order valence-electron chi connectivity index (χ3n) is 5.33. The zero-order chi connectivity index (χ0) is 19.3. The normalized spacial score (nSPS) is 23.8. The van der Waals surface area contributed by atoms with Crippen molar-refractivity contribution < 1.29 is 23.5 Å². The van der Waals surface area contributed by atoms with Crippen LogP contribution in [0, 0.1) is 11.7 Å². The second-order valence-electron chi connectivity index (χ2n) is 7.51. The maximum atomic E-state index is 13.1. The van der Waals surface area contributed by atoms with Gasteiger partial charge in [0.2, 0.25) is 11.8 Å². The van der Waals surface area contributed by atoms with E-state index in [0.29, 0.717) is 18.9 Å². The molecule has 2 N–H and O–H groups in total. The average Bonchev–Trinajstić information content (AvgIpc) is 2.67. The van der Waals surface area contributed by atoms with E-state index in [-0.39, 0.29) is 37.2 Å². The van der Waals surface area contributed by atoms with Crippen molar-refractivity contribution in [2.45, 2.75) is 44.1 Å². The summed E-state index contributed by atoms with van der Waals surface area (Å²) in [7, 11) is 0. The first-order valence-corrected chi connectivity index (χ1v) is 9.57. The van der Waals surface area contributed by atoms with Gasteiger partial charge in [-0.25, -0.2) is 4.39 Å². The van der Waals surface area contributed by atoms with Crippen molar-refractivity contribution in [3.8, 4) is 5.75 Å². The topological polar surface area (TPSA) is 81.9 Å². The molecule has 2 aliphatic rings. The van der Waals surface area contributed by atoms with Crippen LogP contribution in [0.15, 0.2) is 24.3 Å². The Bertz CT molecular complexity index is 660. The number of ether oxygens (including phenoxy) is 2. The van der Waals surface area contributed by atoms with Crippen LogP contribution in [-0.2, 0) is 14.3 Å². The number of carbonyl (C=O) groups excluding carboxylic acids is 2. The first-order valence-electron chi connectivity index (χ1n) is 9.57. The quantitative estimate of drug-likeness (QED) is 0.823. The molecule has 1 saturated carbocycles. The Morgan fingerprint density at radius 2 is 1.93 bits per heavy atom. The number of hydrogen-bond acceptors (Lipinski definition) is 4.